The fourth-order valence-electron chi connectivity index (χ4n) is 3.31. The Kier molecular flexibility index (Phi) is 7.50. The Morgan fingerprint density at radius 1 is 1.06 bits per heavy atom. The van der Waals surface area contributed by atoms with Crippen molar-refractivity contribution in [2.75, 3.05) is 11.3 Å². The van der Waals surface area contributed by atoms with Gasteiger partial charge in [-0.1, -0.05) is 24.4 Å². The number of halogens is 2. The highest BCUT2D eigenvalue weighted by molar-refractivity contribution is 7.92. The van der Waals surface area contributed by atoms with Crippen molar-refractivity contribution in [2.45, 2.75) is 43.0 Å². The van der Waals surface area contributed by atoms with Crippen molar-refractivity contribution in [3.63, 3.8) is 0 Å². The van der Waals surface area contributed by atoms with E-state index in [4.69, 9.17) is 11.6 Å². The molecule has 0 radical (unpaired) electrons. The first-order chi connectivity index (χ1) is 14.7. The first-order valence-electron chi connectivity index (χ1n) is 9.90. The molecular weight excluding hydrogens is 445 g/mol. The van der Waals surface area contributed by atoms with Gasteiger partial charge in [-0.15, -0.1) is 0 Å². The Balaban J connectivity index is 1.51. The predicted octanol–water partition coefficient (Wildman–Crippen LogP) is 3.46. The van der Waals surface area contributed by atoms with Crippen molar-refractivity contribution in [1.82, 2.24) is 10.6 Å². The fourth-order valence-corrected chi connectivity index (χ4v) is 4.64. The van der Waals surface area contributed by atoms with Gasteiger partial charge >= 0.3 is 0 Å². The maximum Gasteiger partial charge on any atom is 0.261 e. The molecule has 1 saturated carbocycles. The third-order valence-corrected chi connectivity index (χ3v) is 6.63. The van der Waals surface area contributed by atoms with E-state index in [1.807, 2.05) is 0 Å². The van der Waals surface area contributed by atoms with Crippen molar-refractivity contribution in [3.05, 3.63) is 58.9 Å². The Morgan fingerprint density at radius 3 is 2.39 bits per heavy atom. The van der Waals surface area contributed by atoms with Crippen LogP contribution in [0.25, 0.3) is 0 Å². The lowest BCUT2D eigenvalue weighted by Crippen LogP contribution is -2.35. The molecule has 0 aliphatic heterocycles. The van der Waals surface area contributed by atoms with Gasteiger partial charge in [0, 0.05) is 30.3 Å². The van der Waals surface area contributed by atoms with Gasteiger partial charge in [0.05, 0.1) is 9.92 Å². The summed E-state index contributed by atoms with van der Waals surface area (Å²) in [5.74, 6) is -1.17. The minimum absolute atomic E-state index is 0.0853. The molecule has 166 valence electrons. The predicted molar refractivity (Wildman–Crippen MR) is 116 cm³/mol. The summed E-state index contributed by atoms with van der Waals surface area (Å²) in [4.78, 5) is 23.9. The topological polar surface area (TPSA) is 104 Å². The van der Waals surface area contributed by atoms with Gasteiger partial charge in [0.15, 0.2) is 0 Å². The Hall–Kier alpha value is -2.65. The number of benzene rings is 2. The second-order valence-electron chi connectivity index (χ2n) is 7.31. The molecular formula is C21H23ClFN3O4S. The fraction of sp³-hybridized carbons (Fsp3) is 0.333. The van der Waals surface area contributed by atoms with Crippen LogP contribution in [0.4, 0.5) is 10.1 Å². The van der Waals surface area contributed by atoms with Gasteiger partial charge in [0.25, 0.3) is 15.9 Å². The molecule has 3 rings (SSSR count). The summed E-state index contributed by atoms with van der Waals surface area (Å²) in [7, 11) is -3.97. The zero-order valence-corrected chi connectivity index (χ0v) is 18.2. The summed E-state index contributed by atoms with van der Waals surface area (Å²) >= 11 is 5.65. The molecule has 2 aromatic rings. The molecule has 31 heavy (non-hydrogen) atoms. The highest BCUT2D eigenvalue weighted by atomic mass is 35.5. The molecule has 1 aliphatic rings. The molecule has 2 aromatic carbocycles. The molecule has 0 heterocycles. The average Bonchev–Trinajstić information content (AvgIpc) is 3.23. The number of hydrogen-bond acceptors (Lipinski definition) is 4. The molecule has 10 heteroatoms. The number of rotatable bonds is 8. The highest BCUT2D eigenvalue weighted by Crippen LogP contribution is 2.22. The van der Waals surface area contributed by atoms with Crippen LogP contribution < -0.4 is 15.4 Å². The van der Waals surface area contributed by atoms with Crippen LogP contribution in [0.3, 0.4) is 0 Å². The summed E-state index contributed by atoms with van der Waals surface area (Å²) in [6.07, 6.45) is 4.46. The van der Waals surface area contributed by atoms with Crippen molar-refractivity contribution >= 4 is 39.1 Å². The van der Waals surface area contributed by atoms with E-state index in [0.717, 1.165) is 43.9 Å². The Bertz CT molecular complexity index is 1050. The molecule has 0 spiro atoms. The van der Waals surface area contributed by atoms with Crippen LogP contribution in [0.1, 0.15) is 42.5 Å². The zero-order chi connectivity index (χ0) is 22.4. The summed E-state index contributed by atoms with van der Waals surface area (Å²) in [5, 5.41) is 5.33. The van der Waals surface area contributed by atoms with Crippen LogP contribution in [-0.2, 0) is 14.8 Å². The van der Waals surface area contributed by atoms with E-state index in [0.29, 0.717) is 5.56 Å². The van der Waals surface area contributed by atoms with Crippen molar-refractivity contribution < 1.29 is 22.4 Å². The Morgan fingerprint density at radius 2 is 1.74 bits per heavy atom. The van der Waals surface area contributed by atoms with E-state index in [1.54, 1.807) is 0 Å². The molecule has 0 aromatic heterocycles. The minimum Gasteiger partial charge on any atom is -0.353 e. The van der Waals surface area contributed by atoms with Crippen molar-refractivity contribution in [2.24, 2.45) is 0 Å². The van der Waals surface area contributed by atoms with Crippen LogP contribution in [0.15, 0.2) is 47.4 Å². The molecule has 3 N–H and O–H groups in total. The third kappa shape index (κ3) is 6.41. The SMILES string of the molecule is O=C(CCNC(=O)c1ccc(NS(=O)(=O)c2ccc(F)c(Cl)c2)cc1)NC1CCCC1. The summed E-state index contributed by atoms with van der Waals surface area (Å²) in [5.41, 5.74) is 0.553. The maximum absolute atomic E-state index is 13.3. The lowest BCUT2D eigenvalue weighted by Gasteiger charge is -2.12. The van der Waals surface area contributed by atoms with Crippen molar-refractivity contribution in [3.8, 4) is 0 Å². The molecule has 0 bridgehead atoms. The summed E-state index contributed by atoms with van der Waals surface area (Å²) in [6.45, 7) is 0.205. The van der Waals surface area contributed by atoms with E-state index < -0.39 is 15.8 Å². The average molecular weight is 468 g/mol. The third-order valence-electron chi connectivity index (χ3n) is 4.96. The van der Waals surface area contributed by atoms with E-state index in [1.165, 1.54) is 24.3 Å². The van der Waals surface area contributed by atoms with E-state index >= 15 is 0 Å². The first kappa shape index (κ1) is 23.0. The Labute approximate surface area is 185 Å². The number of carbonyl (C=O) groups is 2. The molecule has 1 aliphatic carbocycles. The van der Waals surface area contributed by atoms with Gasteiger partial charge < -0.3 is 10.6 Å². The van der Waals surface area contributed by atoms with Gasteiger partial charge in [0.1, 0.15) is 5.82 Å². The van der Waals surface area contributed by atoms with Gasteiger partial charge in [-0.2, -0.15) is 0 Å². The molecule has 1 fully saturated rings. The van der Waals surface area contributed by atoms with Gasteiger partial charge in [-0.3, -0.25) is 14.3 Å². The van der Waals surface area contributed by atoms with Crippen LogP contribution in [0.2, 0.25) is 5.02 Å². The van der Waals surface area contributed by atoms with Crippen molar-refractivity contribution in [1.29, 1.82) is 0 Å². The first-order valence-corrected chi connectivity index (χ1v) is 11.8. The number of carbonyl (C=O) groups excluding carboxylic acids is 2. The molecule has 0 saturated heterocycles. The summed E-state index contributed by atoms with van der Waals surface area (Å²) in [6, 6.07) is 9.13. The van der Waals surface area contributed by atoms with Crippen LogP contribution in [-0.4, -0.2) is 32.8 Å². The van der Waals surface area contributed by atoms with Crippen LogP contribution >= 0.6 is 11.6 Å². The summed E-state index contributed by atoms with van der Waals surface area (Å²) < 4.78 is 40.4. The number of sulfonamides is 1. The molecule has 2 amide bonds. The maximum atomic E-state index is 13.3. The quantitative estimate of drug-likeness (QED) is 0.553. The van der Waals surface area contributed by atoms with E-state index in [9.17, 15) is 22.4 Å². The van der Waals surface area contributed by atoms with E-state index in [2.05, 4.69) is 15.4 Å². The van der Waals surface area contributed by atoms with Gasteiger partial charge in [0.2, 0.25) is 5.91 Å². The van der Waals surface area contributed by atoms with Crippen LogP contribution in [0, 0.1) is 5.82 Å². The number of nitrogens with one attached hydrogen (secondary N) is 3. The molecule has 0 atom stereocenters. The van der Waals surface area contributed by atoms with Crippen LogP contribution in [0.5, 0.6) is 0 Å². The number of anilines is 1. The minimum atomic E-state index is -3.97. The molecule has 7 nitrogen and oxygen atoms in total. The second-order valence-corrected chi connectivity index (χ2v) is 9.40. The number of hydrogen-bond donors (Lipinski definition) is 3. The monoisotopic (exact) mass is 467 g/mol. The smallest absolute Gasteiger partial charge is 0.261 e. The lowest BCUT2D eigenvalue weighted by atomic mass is 10.2. The largest absolute Gasteiger partial charge is 0.353 e. The molecule has 0 unspecified atom stereocenters. The van der Waals surface area contributed by atoms with Gasteiger partial charge in [-0.05, 0) is 55.3 Å². The standard InChI is InChI=1S/C21H23ClFN3O4S/c22-18-13-17(9-10-19(18)23)31(29,30)26-16-7-5-14(6-8-16)21(28)24-12-11-20(27)25-15-3-1-2-4-15/h5-10,13,15,26H,1-4,11-12H2,(H,24,28)(H,25,27). The lowest BCUT2D eigenvalue weighted by molar-refractivity contribution is -0.121. The zero-order valence-electron chi connectivity index (χ0n) is 16.7. The number of amides is 2. The highest BCUT2D eigenvalue weighted by Gasteiger charge is 2.18. The van der Waals surface area contributed by atoms with E-state index in [-0.39, 0.29) is 46.4 Å². The second kappa shape index (κ2) is 10.1. The normalized spacial score (nSPS) is 14.3. The van der Waals surface area contributed by atoms with Gasteiger partial charge in [-0.25, -0.2) is 12.8 Å².